The Kier molecular flexibility index (Phi) is 15.1. The average Bonchev–Trinajstić information content (AvgIpc) is 3.00. The lowest BCUT2D eigenvalue weighted by Crippen LogP contribution is -2.60. The van der Waals surface area contributed by atoms with Crippen LogP contribution in [0.15, 0.2) is 12.2 Å². The molecule has 5 rings (SSSR count). The number of carbonyl (C=O) groups is 1. The number of aliphatic hydroxyl groups is 5. The Morgan fingerprint density at radius 2 is 1.42 bits per heavy atom. The first-order valence-electron chi connectivity index (χ1n) is 18.3. The largest absolute Gasteiger partial charge is 0.394 e. The van der Waals surface area contributed by atoms with Crippen molar-refractivity contribution in [1.29, 1.82) is 0 Å². The topological polar surface area (TPSA) is 149 Å². The summed E-state index contributed by atoms with van der Waals surface area (Å²) in [4.78, 5) is 13.5. The summed E-state index contributed by atoms with van der Waals surface area (Å²) in [7, 11) is 0. The molecule has 6 N–H and O–H groups in total. The standard InChI is InChI=1S/C36H63NO8/c1-2-3-4-5-6-7-8-9-10-11-12-13-14-15-29(39)28(24-44-35-34(43)33(42)32(41)30(23-38)45-35)37-31(40)22-36-19-25-16-26(20-36)18-27(17-25)21-36/h14-15,25-30,32-35,38-39,41-43H,2-13,16-24H2,1H3,(H,37,40). The van der Waals surface area contributed by atoms with Gasteiger partial charge in [-0.05, 0) is 74.5 Å². The van der Waals surface area contributed by atoms with Gasteiger partial charge in [0.2, 0.25) is 5.91 Å². The number of ether oxygens (including phenoxy) is 2. The maximum absolute atomic E-state index is 13.5. The second kappa shape index (κ2) is 18.5. The number of allylic oxidation sites excluding steroid dienone is 1. The summed E-state index contributed by atoms with van der Waals surface area (Å²) in [6.07, 6.45) is 18.2. The van der Waals surface area contributed by atoms with Gasteiger partial charge >= 0.3 is 0 Å². The minimum atomic E-state index is -1.55. The van der Waals surface area contributed by atoms with Gasteiger partial charge < -0.3 is 40.3 Å². The highest BCUT2D eigenvalue weighted by molar-refractivity contribution is 5.77. The summed E-state index contributed by atoms with van der Waals surface area (Å²) in [5.41, 5.74) is 0.0529. The summed E-state index contributed by atoms with van der Waals surface area (Å²) < 4.78 is 11.3. The summed E-state index contributed by atoms with van der Waals surface area (Å²) in [5.74, 6) is 2.10. The van der Waals surface area contributed by atoms with Gasteiger partial charge in [0.05, 0.1) is 25.4 Å². The maximum atomic E-state index is 13.5. The van der Waals surface area contributed by atoms with Gasteiger partial charge in [0.15, 0.2) is 6.29 Å². The van der Waals surface area contributed by atoms with Gasteiger partial charge in [-0.1, -0.05) is 83.3 Å². The Morgan fingerprint density at radius 1 is 0.867 bits per heavy atom. The summed E-state index contributed by atoms with van der Waals surface area (Å²) in [6.45, 7) is 1.53. The predicted octanol–water partition coefficient (Wildman–Crippen LogP) is 4.51. The van der Waals surface area contributed by atoms with E-state index in [9.17, 15) is 30.3 Å². The Morgan fingerprint density at radius 3 is 1.98 bits per heavy atom. The van der Waals surface area contributed by atoms with Gasteiger partial charge in [-0.3, -0.25) is 4.79 Å². The number of hydrogen-bond acceptors (Lipinski definition) is 8. The van der Waals surface area contributed by atoms with Crippen molar-refractivity contribution in [3.63, 3.8) is 0 Å². The smallest absolute Gasteiger partial charge is 0.220 e. The maximum Gasteiger partial charge on any atom is 0.220 e. The van der Waals surface area contributed by atoms with E-state index in [1.807, 2.05) is 6.08 Å². The molecule has 0 aromatic carbocycles. The van der Waals surface area contributed by atoms with Crippen molar-refractivity contribution in [3.8, 4) is 0 Å². The fourth-order valence-electron chi connectivity index (χ4n) is 9.03. The fourth-order valence-corrected chi connectivity index (χ4v) is 9.03. The third-order valence-electron chi connectivity index (χ3n) is 11.1. The van der Waals surface area contributed by atoms with Crippen LogP contribution in [0.5, 0.6) is 0 Å². The molecule has 7 unspecified atom stereocenters. The highest BCUT2D eigenvalue weighted by Crippen LogP contribution is 2.61. The molecule has 0 spiro atoms. The molecule has 1 amide bonds. The second-order valence-corrected chi connectivity index (χ2v) is 15.0. The molecule has 45 heavy (non-hydrogen) atoms. The molecule has 0 aromatic heterocycles. The van der Waals surface area contributed by atoms with E-state index in [1.54, 1.807) is 6.08 Å². The number of amides is 1. The first-order chi connectivity index (χ1) is 21.7. The first-order valence-corrected chi connectivity index (χ1v) is 18.3. The molecule has 1 saturated heterocycles. The minimum absolute atomic E-state index is 0.0529. The van der Waals surface area contributed by atoms with Crippen LogP contribution in [0.2, 0.25) is 0 Å². The molecule has 5 aliphatic rings. The zero-order valence-corrected chi connectivity index (χ0v) is 27.7. The van der Waals surface area contributed by atoms with E-state index < -0.39 is 49.5 Å². The number of rotatable bonds is 21. The van der Waals surface area contributed by atoms with E-state index in [0.29, 0.717) is 6.42 Å². The lowest BCUT2D eigenvalue weighted by molar-refractivity contribution is -0.302. The van der Waals surface area contributed by atoms with Crippen LogP contribution in [0.25, 0.3) is 0 Å². The molecule has 4 saturated carbocycles. The zero-order chi connectivity index (χ0) is 32.2. The summed E-state index contributed by atoms with van der Waals surface area (Å²) >= 11 is 0. The highest BCUT2D eigenvalue weighted by Gasteiger charge is 2.51. The van der Waals surface area contributed by atoms with Crippen molar-refractivity contribution in [2.75, 3.05) is 13.2 Å². The second-order valence-electron chi connectivity index (χ2n) is 15.0. The Balaban J connectivity index is 1.24. The van der Waals surface area contributed by atoms with Crippen LogP contribution in [0.3, 0.4) is 0 Å². The third kappa shape index (κ3) is 11.0. The molecule has 4 aliphatic carbocycles. The van der Waals surface area contributed by atoms with E-state index in [0.717, 1.165) is 56.3 Å². The van der Waals surface area contributed by atoms with Gasteiger partial charge in [0, 0.05) is 6.42 Å². The Bertz CT molecular complexity index is 861. The molecule has 9 nitrogen and oxygen atoms in total. The van der Waals surface area contributed by atoms with Crippen molar-refractivity contribution < 1.29 is 39.8 Å². The predicted molar refractivity (Wildman–Crippen MR) is 173 cm³/mol. The Hall–Kier alpha value is -1.07. The van der Waals surface area contributed by atoms with Crippen LogP contribution in [-0.4, -0.2) is 87.5 Å². The molecular weight excluding hydrogens is 574 g/mol. The molecule has 5 fully saturated rings. The van der Waals surface area contributed by atoms with Crippen molar-refractivity contribution in [1.82, 2.24) is 5.32 Å². The average molecular weight is 638 g/mol. The quantitative estimate of drug-likeness (QED) is 0.0796. The van der Waals surface area contributed by atoms with Gasteiger partial charge in [-0.15, -0.1) is 0 Å². The van der Waals surface area contributed by atoms with E-state index in [4.69, 9.17) is 9.47 Å². The van der Waals surface area contributed by atoms with Crippen molar-refractivity contribution in [2.45, 2.75) is 172 Å². The molecular formula is C36H63NO8. The summed E-state index contributed by atoms with van der Waals surface area (Å²) in [5, 5.41) is 54.4. The van der Waals surface area contributed by atoms with Crippen LogP contribution in [0.1, 0.15) is 129 Å². The molecule has 0 aromatic rings. The highest BCUT2D eigenvalue weighted by atomic mass is 16.7. The molecule has 4 bridgehead atoms. The first kappa shape index (κ1) is 36.8. The minimum Gasteiger partial charge on any atom is -0.394 e. The molecule has 1 aliphatic heterocycles. The van der Waals surface area contributed by atoms with Crippen molar-refractivity contribution >= 4 is 5.91 Å². The molecule has 260 valence electrons. The normalized spacial score (nSPS) is 35.6. The van der Waals surface area contributed by atoms with Gasteiger partial charge in [0.25, 0.3) is 0 Å². The number of unbranched alkanes of at least 4 members (excludes halogenated alkanes) is 11. The van der Waals surface area contributed by atoms with E-state index in [2.05, 4.69) is 12.2 Å². The van der Waals surface area contributed by atoms with Crippen LogP contribution < -0.4 is 5.32 Å². The van der Waals surface area contributed by atoms with E-state index in [1.165, 1.54) is 77.0 Å². The molecule has 0 radical (unpaired) electrons. The fraction of sp³-hybridized carbons (Fsp3) is 0.917. The monoisotopic (exact) mass is 637 g/mol. The van der Waals surface area contributed by atoms with Gasteiger partial charge in [0.1, 0.15) is 24.4 Å². The van der Waals surface area contributed by atoms with Gasteiger partial charge in [-0.2, -0.15) is 0 Å². The SMILES string of the molecule is CCCCCCCCCCCCCC=CC(O)C(COC1OC(CO)C(O)C(O)C1O)NC(=O)CC12CC3CC(CC(C3)C1)C2. The molecule has 7 atom stereocenters. The Labute approximate surface area is 271 Å². The van der Waals surface area contributed by atoms with Crippen LogP contribution in [0, 0.1) is 23.2 Å². The lowest BCUT2D eigenvalue weighted by atomic mass is 9.49. The molecule has 1 heterocycles. The third-order valence-corrected chi connectivity index (χ3v) is 11.1. The van der Waals surface area contributed by atoms with Crippen molar-refractivity contribution in [2.24, 2.45) is 23.2 Å². The van der Waals surface area contributed by atoms with Crippen LogP contribution in [0.4, 0.5) is 0 Å². The number of carbonyl (C=O) groups excluding carboxylic acids is 1. The van der Waals surface area contributed by atoms with E-state index in [-0.39, 0.29) is 17.9 Å². The number of aliphatic hydroxyl groups excluding tert-OH is 5. The van der Waals surface area contributed by atoms with Crippen LogP contribution in [-0.2, 0) is 14.3 Å². The van der Waals surface area contributed by atoms with Crippen molar-refractivity contribution in [3.05, 3.63) is 12.2 Å². The number of nitrogens with one attached hydrogen (secondary N) is 1. The van der Waals surface area contributed by atoms with Crippen LogP contribution >= 0.6 is 0 Å². The number of hydrogen-bond donors (Lipinski definition) is 6. The molecule has 9 heteroatoms. The summed E-state index contributed by atoms with van der Waals surface area (Å²) in [6, 6.07) is -0.785. The zero-order valence-electron chi connectivity index (χ0n) is 27.7. The van der Waals surface area contributed by atoms with Gasteiger partial charge in [-0.25, -0.2) is 0 Å². The van der Waals surface area contributed by atoms with E-state index >= 15 is 0 Å². The lowest BCUT2D eigenvalue weighted by Gasteiger charge is -2.56.